The van der Waals surface area contributed by atoms with Gasteiger partial charge in [0.1, 0.15) is 18.1 Å². The summed E-state index contributed by atoms with van der Waals surface area (Å²) in [6.07, 6.45) is 10.0. The summed E-state index contributed by atoms with van der Waals surface area (Å²) in [7, 11) is 0. The second kappa shape index (κ2) is 15.3. The van der Waals surface area contributed by atoms with E-state index in [1.54, 1.807) is 42.6 Å². The Hall–Kier alpha value is -4.17. The van der Waals surface area contributed by atoms with Crippen molar-refractivity contribution in [1.29, 1.82) is 0 Å². The molecule has 0 saturated carbocycles. The number of rotatable bonds is 8. The number of carbonyl (C=O) groups is 1. The molecule has 0 saturated heterocycles. The number of carboxylic acid groups (broad SMARTS) is 1. The van der Waals surface area contributed by atoms with Gasteiger partial charge in [0, 0.05) is 33.6 Å². The number of nitrogens with zero attached hydrogens (tertiary/aromatic N) is 3. The molecule has 2 N–H and O–H groups in total. The van der Waals surface area contributed by atoms with Gasteiger partial charge in [0.05, 0.1) is 10.7 Å². The van der Waals surface area contributed by atoms with Crippen LogP contribution in [0.4, 0.5) is 0 Å². The number of halogens is 3. The van der Waals surface area contributed by atoms with Crippen molar-refractivity contribution in [2.75, 3.05) is 0 Å². The first-order valence-corrected chi connectivity index (χ1v) is 12.5. The number of hydrogen-bond acceptors (Lipinski definition) is 6. The molecule has 39 heavy (non-hydrogen) atoms. The molecule has 7 nitrogen and oxygen atoms in total. The minimum atomic E-state index is -1.11. The molecule has 0 amide bonds. The quantitative estimate of drug-likeness (QED) is 0.124. The van der Waals surface area contributed by atoms with E-state index in [0.717, 1.165) is 16.8 Å². The van der Waals surface area contributed by atoms with Crippen molar-refractivity contribution in [3.05, 3.63) is 135 Å². The summed E-state index contributed by atoms with van der Waals surface area (Å²) in [5.41, 5.74) is 2.72. The van der Waals surface area contributed by atoms with E-state index < -0.39 is 5.97 Å². The molecule has 0 spiro atoms. The average molecular weight is 583 g/mol. The van der Waals surface area contributed by atoms with Crippen LogP contribution < -0.4 is 4.74 Å². The first-order chi connectivity index (χ1) is 18.9. The monoisotopic (exact) mass is 581 g/mol. The van der Waals surface area contributed by atoms with E-state index in [-0.39, 0.29) is 10.7 Å². The van der Waals surface area contributed by atoms with Crippen molar-refractivity contribution in [3.63, 3.8) is 0 Å². The van der Waals surface area contributed by atoms with Crippen LogP contribution in [0.2, 0.25) is 15.1 Å². The second-order valence-electron chi connectivity index (χ2n) is 7.65. The Morgan fingerprint density at radius 1 is 0.872 bits per heavy atom. The number of allylic oxidation sites excluding steroid dienone is 2. The van der Waals surface area contributed by atoms with Crippen molar-refractivity contribution in [3.8, 4) is 5.75 Å². The molecule has 2 heterocycles. The first kappa shape index (κ1) is 29.4. The molecule has 0 aliphatic rings. The van der Waals surface area contributed by atoms with E-state index in [1.165, 1.54) is 12.3 Å². The Morgan fingerprint density at radius 3 is 2.28 bits per heavy atom. The number of aromatic carboxylic acids is 1. The highest BCUT2D eigenvalue weighted by molar-refractivity contribution is 6.35. The van der Waals surface area contributed by atoms with E-state index in [0.29, 0.717) is 28.1 Å². The molecule has 0 radical (unpaired) electrons. The lowest BCUT2D eigenvalue weighted by molar-refractivity contribution is 0.0690. The number of oxime groups is 1. The van der Waals surface area contributed by atoms with Crippen LogP contribution >= 0.6 is 34.8 Å². The first-order valence-electron chi connectivity index (χ1n) is 11.4. The number of ether oxygens (including phenoxy) is 1. The number of aromatic nitrogens is 2. The topological polar surface area (TPSA) is 105 Å². The van der Waals surface area contributed by atoms with Gasteiger partial charge in [0.2, 0.25) is 0 Å². The van der Waals surface area contributed by atoms with Gasteiger partial charge in [-0.3, -0.25) is 4.98 Å². The lowest BCUT2D eigenvalue weighted by Crippen LogP contribution is -1.99. The Bertz CT molecular complexity index is 1490. The zero-order valence-corrected chi connectivity index (χ0v) is 22.6. The van der Waals surface area contributed by atoms with Gasteiger partial charge in [-0.25, -0.2) is 9.78 Å². The predicted molar refractivity (Wildman–Crippen MR) is 155 cm³/mol. The molecule has 4 rings (SSSR count). The van der Waals surface area contributed by atoms with Crippen molar-refractivity contribution in [2.24, 2.45) is 5.16 Å². The normalized spacial score (nSPS) is 11.3. The minimum absolute atomic E-state index is 0.107. The van der Waals surface area contributed by atoms with E-state index in [2.05, 4.69) is 15.1 Å². The largest absolute Gasteiger partial charge is 0.488 e. The lowest BCUT2D eigenvalue weighted by Gasteiger charge is -2.10. The van der Waals surface area contributed by atoms with E-state index in [4.69, 9.17) is 44.6 Å². The maximum Gasteiger partial charge on any atom is 0.356 e. The summed E-state index contributed by atoms with van der Waals surface area (Å²) < 4.78 is 5.93. The summed E-state index contributed by atoms with van der Waals surface area (Å²) in [6, 6.07) is 21.5. The summed E-state index contributed by atoms with van der Waals surface area (Å²) >= 11 is 17.6. The smallest absolute Gasteiger partial charge is 0.356 e. The van der Waals surface area contributed by atoms with Crippen molar-refractivity contribution >= 4 is 58.6 Å². The molecule has 0 unspecified atom stereocenters. The van der Waals surface area contributed by atoms with Gasteiger partial charge in [0.15, 0.2) is 5.69 Å². The van der Waals surface area contributed by atoms with Gasteiger partial charge in [0.25, 0.3) is 0 Å². The minimum Gasteiger partial charge on any atom is -0.488 e. The standard InChI is InChI=1S/C23H18Cl2N2O2.C6H4ClNO2/c24-19-10-8-18(22(25)15-19)16-29-23-7-2-1-5-17(23)9-11-21(27-28)13-12-20-6-3-4-14-26-20;7-4-2-1-3-8-5(4)6(9)10/h1-15,28H,16H2;1-3H,(H,9,10). The van der Waals surface area contributed by atoms with Gasteiger partial charge in [-0.05, 0) is 66.8 Å². The highest BCUT2D eigenvalue weighted by atomic mass is 35.5. The fourth-order valence-electron chi connectivity index (χ4n) is 3.03. The SMILES string of the molecule is O=C(O)c1ncccc1Cl.ON=C(C=Cc1ccccn1)C=Cc1ccccc1OCc1ccc(Cl)cc1Cl. The van der Waals surface area contributed by atoms with Crippen molar-refractivity contribution in [2.45, 2.75) is 6.61 Å². The zero-order chi connectivity index (χ0) is 28.0. The van der Waals surface area contributed by atoms with Crippen LogP contribution in [-0.4, -0.2) is 32.0 Å². The molecule has 10 heteroatoms. The molecule has 2 aromatic heterocycles. The van der Waals surface area contributed by atoms with E-state index in [1.807, 2.05) is 54.6 Å². The third-order valence-electron chi connectivity index (χ3n) is 4.94. The molecule has 2 aromatic carbocycles. The molecule has 4 aromatic rings. The lowest BCUT2D eigenvalue weighted by atomic mass is 10.1. The van der Waals surface area contributed by atoms with Crippen LogP contribution in [-0.2, 0) is 6.61 Å². The maximum atomic E-state index is 10.3. The van der Waals surface area contributed by atoms with Gasteiger partial charge in [-0.2, -0.15) is 0 Å². The number of hydrogen-bond donors (Lipinski definition) is 2. The summed E-state index contributed by atoms with van der Waals surface area (Å²) in [5, 5.41) is 22.3. The summed E-state index contributed by atoms with van der Waals surface area (Å²) in [4.78, 5) is 18.0. The number of carboxylic acids is 1. The predicted octanol–water partition coefficient (Wildman–Crippen LogP) is 7.96. The maximum absolute atomic E-state index is 10.3. The Labute approximate surface area is 240 Å². The number of pyridine rings is 2. The van der Waals surface area contributed by atoms with Crippen molar-refractivity contribution < 1.29 is 19.8 Å². The average Bonchev–Trinajstić information content (AvgIpc) is 2.94. The van der Waals surface area contributed by atoms with Gasteiger partial charge < -0.3 is 15.1 Å². The van der Waals surface area contributed by atoms with Crippen LogP contribution in [0.3, 0.4) is 0 Å². The molecule has 198 valence electrons. The zero-order valence-electron chi connectivity index (χ0n) is 20.3. The number of benzene rings is 2. The highest BCUT2D eigenvalue weighted by Crippen LogP contribution is 2.25. The van der Waals surface area contributed by atoms with Gasteiger partial charge >= 0.3 is 5.97 Å². The van der Waals surface area contributed by atoms with Crippen LogP contribution in [0.5, 0.6) is 5.75 Å². The van der Waals surface area contributed by atoms with Crippen LogP contribution in [0.15, 0.2) is 102 Å². The molecule has 0 aliphatic carbocycles. The molecular formula is C29H22Cl3N3O4. The Morgan fingerprint density at radius 2 is 1.62 bits per heavy atom. The fourth-order valence-corrected chi connectivity index (χ4v) is 3.70. The molecule has 0 atom stereocenters. The van der Waals surface area contributed by atoms with Crippen LogP contribution in [0.25, 0.3) is 12.2 Å². The van der Waals surface area contributed by atoms with Crippen LogP contribution in [0.1, 0.15) is 27.3 Å². The molecule has 0 bridgehead atoms. The van der Waals surface area contributed by atoms with Gasteiger partial charge in [-0.1, -0.05) is 70.3 Å². The molecular weight excluding hydrogens is 561 g/mol. The summed E-state index contributed by atoms with van der Waals surface area (Å²) in [6.45, 7) is 0.307. The third kappa shape index (κ3) is 9.57. The Kier molecular flexibility index (Phi) is 11.5. The van der Waals surface area contributed by atoms with Crippen molar-refractivity contribution in [1.82, 2.24) is 9.97 Å². The number of para-hydroxylation sites is 1. The second-order valence-corrected chi connectivity index (χ2v) is 8.90. The Balaban J connectivity index is 0.000000353. The highest BCUT2D eigenvalue weighted by Gasteiger charge is 2.07. The third-order valence-corrected chi connectivity index (χ3v) is 5.83. The van der Waals surface area contributed by atoms with E-state index >= 15 is 0 Å². The van der Waals surface area contributed by atoms with E-state index in [9.17, 15) is 10.0 Å². The summed E-state index contributed by atoms with van der Waals surface area (Å²) in [5.74, 6) is -0.425. The van der Waals surface area contributed by atoms with Gasteiger partial charge in [-0.15, -0.1) is 0 Å². The molecule has 0 fully saturated rings. The fraction of sp³-hybridized carbons (Fsp3) is 0.0345. The molecule has 0 aliphatic heterocycles. The van der Waals surface area contributed by atoms with Crippen LogP contribution in [0, 0.1) is 0 Å².